The molecule has 8 unspecified atom stereocenters. The smallest absolute Gasteiger partial charge is 0.311 e. The molecule has 57 heavy (non-hydrogen) atoms. The second-order valence-electron chi connectivity index (χ2n) is 19.4. The summed E-state index contributed by atoms with van der Waals surface area (Å²) in [7, 11) is 5.36. The topological polar surface area (TPSA) is 169 Å². The summed E-state index contributed by atoms with van der Waals surface area (Å²) < 4.78 is 45.0. The Bertz CT molecular complexity index is 1310. The molecule has 4 saturated heterocycles. The van der Waals surface area contributed by atoms with E-state index in [1.165, 1.54) is 7.11 Å². The summed E-state index contributed by atoms with van der Waals surface area (Å²) in [6.07, 6.45) is -2.62. The zero-order valence-corrected chi connectivity index (χ0v) is 37.1. The molecule has 5 aliphatic rings. The number of aliphatic hydroxyl groups excluding tert-OH is 2. The lowest BCUT2D eigenvalue weighted by Crippen LogP contribution is -2.66. The molecule has 0 aromatic carbocycles. The Kier molecular flexibility index (Phi) is 15.3. The second kappa shape index (κ2) is 18.5. The molecule has 0 radical (unpaired) electrons. The third-order valence-electron chi connectivity index (χ3n) is 14.6. The van der Waals surface area contributed by atoms with E-state index >= 15 is 0 Å². The number of aliphatic hydroxyl groups is 4. The molecule has 4 heterocycles. The van der Waals surface area contributed by atoms with Crippen LogP contribution in [0.3, 0.4) is 0 Å². The minimum atomic E-state index is -1.55. The van der Waals surface area contributed by atoms with E-state index in [-0.39, 0.29) is 42.9 Å². The Hall–Kier alpha value is -1.01. The van der Waals surface area contributed by atoms with Crippen molar-refractivity contribution >= 4 is 5.97 Å². The quantitative estimate of drug-likeness (QED) is 0.261. The highest BCUT2D eigenvalue weighted by Gasteiger charge is 2.56. The van der Waals surface area contributed by atoms with E-state index in [0.717, 1.165) is 25.7 Å². The Morgan fingerprint density at radius 3 is 2.18 bits per heavy atom. The van der Waals surface area contributed by atoms with Gasteiger partial charge in [0.1, 0.15) is 30.6 Å². The first kappa shape index (κ1) is 47.0. The third kappa shape index (κ3) is 9.73. The summed E-state index contributed by atoms with van der Waals surface area (Å²) >= 11 is 0. The third-order valence-corrected chi connectivity index (χ3v) is 14.6. The summed E-state index contributed by atoms with van der Waals surface area (Å²) in [4.78, 5) is 18.9. The van der Waals surface area contributed by atoms with Crippen LogP contribution in [0.15, 0.2) is 0 Å². The van der Waals surface area contributed by atoms with Crippen molar-refractivity contribution in [3.05, 3.63) is 0 Å². The average Bonchev–Trinajstić information content (AvgIpc) is 3.68. The van der Waals surface area contributed by atoms with Crippen molar-refractivity contribution in [2.75, 3.05) is 27.9 Å². The minimum absolute atomic E-state index is 0.0900. The van der Waals surface area contributed by atoms with Crippen molar-refractivity contribution < 1.29 is 58.4 Å². The predicted molar refractivity (Wildman–Crippen MR) is 213 cm³/mol. The van der Waals surface area contributed by atoms with Gasteiger partial charge < -0.3 is 58.5 Å². The van der Waals surface area contributed by atoms with E-state index in [2.05, 4.69) is 18.7 Å². The number of ether oxygens (including phenoxy) is 7. The van der Waals surface area contributed by atoms with Crippen molar-refractivity contribution in [2.24, 2.45) is 23.7 Å². The van der Waals surface area contributed by atoms with Gasteiger partial charge in [-0.3, -0.25) is 9.69 Å². The maximum atomic E-state index is 14.5. The maximum Gasteiger partial charge on any atom is 0.311 e. The lowest BCUT2D eigenvalue weighted by Gasteiger charge is -2.54. The van der Waals surface area contributed by atoms with Crippen molar-refractivity contribution in [2.45, 2.75) is 217 Å². The highest BCUT2D eigenvalue weighted by atomic mass is 16.7. The van der Waals surface area contributed by atoms with Crippen LogP contribution in [0.5, 0.6) is 0 Å². The van der Waals surface area contributed by atoms with Gasteiger partial charge in [-0.05, 0) is 93.7 Å². The summed E-state index contributed by atoms with van der Waals surface area (Å²) in [5, 5.41) is 48.1. The lowest BCUT2D eigenvalue weighted by molar-refractivity contribution is -0.319. The summed E-state index contributed by atoms with van der Waals surface area (Å²) in [5.74, 6) is -2.57. The van der Waals surface area contributed by atoms with Crippen LogP contribution >= 0.6 is 0 Å². The number of rotatable bonds is 8. The first-order chi connectivity index (χ1) is 26.6. The van der Waals surface area contributed by atoms with Gasteiger partial charge in [-0.15, -0.1) is 0 Å². The number of methoxy groups -OCH3 is 1. The number of fused-ring (bicyclic) bond motifs is 2. The first-order valence-electron chi connectivity index (χ1n) is 21.8. The van der Waals surface area contributed by atoms with Crippen LogP contribution in [0.25, 0.3) is 0 Å². The molecule has 0 spiro atoms. The van der Waals surface area contributed by atoms with Crippen LogP contribution in [0, 0.1) is 23.7 Å². The molecule has 5 rings (SSSR count). The fourth-order valence-corrected chi connectivity index (χ4v) is 11.4. The average molecular weight is 815 g/mol. The number of likely N-dealkylation sites (N-methyl/N-ethyl adjacent to an activating group) is 1. The molecule has 4 aliphatic heterocycles. The van der Waals surface area contributed by atoms with E-state index in [0.29, 0.717) is 25.6 Å². The number of carbonyl (C=O) groups is 1. The molecule has 4 N–H and O–H groups in total. The van der Waals surface area contributed by atoms with E-state index in [9.17, 15) is 25.2 Å². The van der Waals surface area contributed by atoms with Crippen LogP contribution < -0.4 is 0 Å². The molecular formula is C43H78N2O12. The van der Waals surface area contributed by atoms with Gasteiger partial charge in [-0.2, -0.15) is 0 Å². The standard InChI is InChI=1S/C43H78N2O12/c1-14-31-43(10,50)38-25(4)33(45(22-52-38)29-17-15-16-18-29)23(2)20-41(8,49)37(57-40-34(46)30(44(11)12)19-24(3)53-40)26(5)35(27(6)39(48)55-31)56-32-21-42(9,51-13)36(47)28(7)54-32/h23-38,40,46-47,49-50H,14-22H2,1-13H3/t23-,24?,25+,26+,27-,28?,30?,31-,32?,33+,34?,35+,36?,37-,38-,40?,41-,42?,43-/m1/s1. The number of cyclic esters (lactones) is 1. The largest absolute Gasteiger partial charge is 0.459 e. The summed E-state index contributed by atoms with van der Waals surface area (Å²) in [5.41, 5.74) is -4.08. The molecule has 5 fully saturated rings. The van der Waals surface area contributed by atoms with Crippen LogP contribution in [-0.4, -0.2) is 160 Å². The van der Waals surface area contributed by atoms with Crippen LogP contribution in [0.2, 0.25) is 0 Å². The van der Waals surface area contributed by atoms with Crippen molar-refractivity contribution in [3.63, 3.8) is 0 Å². The predicted octanol–water partition coefficient (Wildman–Crippen LogP) is 3.83. The van der Waals surface area contributed by atoms with Gasteiger partial charge >= 0.3 is 5.97 Å². The summed E-state index contributed by atoms with van der Waals surface area (Å²) in [6, 6.07) is -0.0392. The van der Waals surface area contributed by atoms with Gasteiger partial charge in [0.2, 0.25) is 0 Å². The number of carbonyl (C=O) groups excluding carboxylic acids is 1. The van der Waals surface area contributed by atoms with Crippen LogP contribution in [-0.2, 0) is 38.0 Å². The van der Waals surface area contributed by atoms with Gasteiger partial charge in [0, 0.05) is 43.5 Å². The van der Waals surface area contributed by atoms with Crippen molar-refractivity contribution in [1.82, 2.24) is 9.80 Å². The van der Waals surface area contributed by atoms with E-state index < -0.39 is 89.9 Å². The Balaban J connectivity index is 1.62. The monoisotopic (exact) mass is 815 g/mol. The van der Waals surface area contributed by atoms with Gasteiger partial charge in [0.25, 0.3) is 0 Å². The highest BCUT2D eigenvalue weighted by Crippen LogP contribution is 2.45. The molecule has 0 aromatic rings. The second-order valence-corrected chi connectivity index (χ2v) is 19.4. The molecule has 0 aromatic heterocycles. The van der Waals surface area contributed by atoms with E-state index in [1.807, 2.05) is 39.8 Å². The summed E-state index contributed by atoms with van der Waals surface area (Å²) in [6.45, 7) is 19.0. The fourth-order valence-electron chi connectivity index (χ4n) is 11.4. The molecule has 0 amide bonds. The number of hydrogen-bond donors (Lipinski definition) is 4. The van der Waals surface area contributed by atoms with Gasteiger partial charge in [-0.25, -0.2) is 0 Å². The lowest BCUT2D eigenvalue weighted by atomic mass is 9.71. The van der Waals surface area contributed by atoms with E-state index in [1.54, 1.807) is 34.6 Å². The van der Waals surface area contributed by atoms with E-state index in [4.69, 9.17) is 33.2 Å². The molecule has 14 heteroatoms. The van der Waals surface area contributed by atoms with Crippen LogP contribution in [0.1, 0.15) is 121 Å². The van der Waals surface area contributed by atoms with Gasteiger partial charge in [0.15, 0.2) is 12.6 Å². The number of nitrogens with zero attached hydrogens (tertiary/aromatic N) is 2. The van der Waals surface area contributed by atoms with Crippen LogP contribution in [0.4, 0.5) is 0 Å². The Morgan fingerprint density at radius 1 is 0.930 bits per heavy atom. The Morgan fingerprint density at radius 2 is 1.58 bits per heavy atom. The molecule has 14 nitrogen and oxygen atoms in total. The first-order valence-corrected chi connectivity index (χ1v) is 21.8. The molecule has 332 valence electrons. The molecule has 2 bridgehead atoms. The maximum absolute atomic E-state index is 14.5. The molecule has 1 aliphatic carbocycles. The minimum Gasteiger partial charge on any atom is -0.459 e. The normalized spacial score (nSPS) is 50.1. The zero-order chi connectivity index (χ0) is 42.4. The zero-order valence-electron chi connectivity index (χ0n) is 37.1. The molecule has 19 atom stereocenters. The highest BCUT2D eigenvalue weighted by molar-refractivity contribution is 5.73. The fraction of sp³-hybridized carbons (Fsp3) is 0.977. The van der Waals surface area contributed by atoms with Gasteiger partial charge in [-0.1, -0.05) is 40.5 Å². The van der Waals surface area contributed by atoms with Crippen molar-refractivity contribution in [3.8, 4) is 0 Å². The number of esters is 1. The number of hydrogen-bond acceptors (Lipinski definition) is 14. The molecule has 1 saturated carbocycles. The Labute approximate surface area is 342 Å². The molecular weight excluding hydrogens is 736 g/mol. The SMILES string of the molecule is CC[C@H]1OC(=O)[C@H](C)[C@@H](OC2CC(C)(OC)C(O)C(C)O2)[C@H](C)[C@@H](OC2OC(C)CC(N(C)C)C2O)[C@](C)(O)C[C@@H](C)[C@H]2[C@H](C)[C@@H](OCN2C2CCCC2)[C@]1(C)O. The van der Waals surface area contributed by atoms with Crippen molar-refractivity contribution in [1.29, 1.82) is 0 Å². The van der Waals surface area contributed by atoms with Gasteiger partial charge in [0.05, 0.1) is 47.6 Å².